The maximum absolute atomic E-state index is 14.3. The van der Waals surface area contributed by atoms with E-state index in [4.69, 9.17) is 4.74 Å². The van der Waals surface area contributed by atoms with Crippen LogP contribution in [0.15, 0.2) is 65.6 Å². The van der Waals surface area contributed by atoms with E-state index in [1.165, 1.54) is 41.4 Å². The summed E-state index contributed by atoms with van der Waals surface area (Å²) in [6, 6.07) is 19.2. The molecule has 1 saturated carbocycles. The number of rotatable bonds is 6. The monoisotopic (exact) mass is 478 g/mol. The predicted octanol–water partition coefficient (Wildman–Crippen LogP) is 7.37. The zero-order chi connectivity index (χ0) is 24.1. The Morgan fingerprint density at radius 3 is 2.47 bits per heavy atom. The lowest BCUT2D eigenvalue weighted by molar-refractivity contribution is -0.141. The van der Waals surface area contributed by atoms with Crippen molar-refractivity contribution >= 4 is 17.7 Å². The van der Waals surface area contributed by atoms with Crippen molar-refractivity contribution in [2.75, 3.05) is 12.9 Å². The molecule has 0 bridgehead atoms. The number of carboxylic acid groups (broad SMARTS) is 1. The van der Waals surface area contributed by atoms with Crippen molar-refractivity contribution in [1.29, 1.82) is 0 Å². The van der Waals surface area contributed by atoms with Gasteiger partial charge in [0.15, 0.2) is 0 Å². The van der Waals surface area contributed by atoms with Crippen molar-refractivity contribution in [3.8, 4) is 16.9 Å². The molecule has 2 aliphatic rings. The minimum absolute atomic E-state index is 0.265. The maximum atomic E-state index is 14.3. The Morgan fingerprint density at radius 1 is 1.09 bits per heavy atom. The molecular formula is C29H31FO3S. The van der Waals surface area contributed by atoms with Crippen molar-refractivity contribution in [2.24, 2.45) is 5.92 Å². The van der Waals surface area contributed by atoms with Crippen molar-refractivity contribution < 1.29 is 19.0 Å². The van der Waals surface area contributed by atoms with Gasteiger partial charge >= 0.3 is 5.97 Å². The van der Waals surface area contributed by atoms with Gasteiger partial charge in [-0.15, -0.1) is 11.8 Å². The number of ether oxygens (including phenoxy) is 1. The molecule has 3 nitrogen and oxygen atoms in total. The largest absolute Gasteiger partial charge is 0.497 e. The first-order valence-corrected chi connectivity index (χ1v) is 12.8. The van der Waals surface area contributed by atoms with Gasteiger partial charge in [-0.2, -0.15) is 0 Å². The van der Waals surface area contributed by atoms with Crippen LogP contribution in [0.5, 0.6) is 5.75 Å². The molecule has 0 aromatic heterocycles. The van der Waals surface area contributed by atoms with E-state index in [0.29, 0.717) is 23.7 Å². The fourth-order valence-corrected chi connectivity index (χ4v) is 5.20. The number of carboxylic acids is 1. The van der Waals surface area contributed by atoms with Crippen LogP contribution in [0.25, 0.3) is 11.1 Å². The molecule has 0 radical (unpaired) electrons. The van der Waals surface area contributed by atoms with Crippen LogP contribution in [-0.4, -0.2) is 23.9 Å². The van der Waals surface area contributed by atoms with E-state index >= 15 is 0 Å². The lowest BCUT2D eigenvalue weighted by atomic mass is 9.90. The van der Waals surface area contributed by atoms with Crippen molar-refractivity contribution in [3.63, 3.8) is 0 Å². The van der Waals surface area contributed by atoms with E-state index < -0.39 is 11.9 Å². The average molecular weight is 479 g/mol. The summed E-state index contributed by atoms with van der Waals surface area (Å²) in [4.78, 5) is 12.5. The van der Waals surface area contributed by atoms with Gasteiger partial charge in [-0.25, -0.2) is 4.39 Å². The molecule has 34 heavy (non-hydrogen) atoms. The van der Waals surface area contributed by atoms with Crippen LogP contribution in [0.2, 0.25) is 0 Å². The first-order chi connectivity index (χ1) is 16.4. The van der Waals surface area contributed by atoms with Gasteiger partial charge in [0.2, 0.25) is 0 Å². The lowest BCUT2D eigenvalue weighted by Gasteiger charge is -2.25. The molecule has 178 valence electrons. The van der Waals surface area contributed by atoms with E-state index in [0.717, 1.165) is 23.3 Å². The molecule has 1 aliphatic heterocycles. The van der Waals surface area contributed by atoms with E-state index in [-0.39, 0.29) is 5.82 Å². The van der Waals surface area contributed by atoms with Gasteiger partial charge in [-0.05, 0) is 65.3 Å². The molecule has 1 heterocycles. The standard InChI is InChI=1S/C26H25FO3S.C3H6/c1-16(26(28)29)11-17-3-10-25-20(12-17)13-21(15-31-25)18-4-6-19(7-5-18)23-14-22(30-2)8-9-24(23)27;1-2-3-1/h3-10,12,14,16,21H,11,13,15H2,1-2H3,(H,28,29);1-3H2. The minimum atomic E-state index is -0.766. The number of hydrogen-bond acceptors (Lipinski definition) is 3. The molecule has 1 N–H and O–H groups in total. The zero-order valence-corrected chi connectivity index (χ0v) is 20.5. The second-order valence-electron chi connectivity index (χ2n) is 9.13. The Bertz CT molecular complexity index is 1140. The summed E-state index contributed by atoms with van der Waals surface area (Å²) in [5.41, 5.74) is 4.94. The molecule has 0 amide bonds. The number of thioether (sulfide) groups is 1. The number of halogens is 1. The summed E-state index contributed by atoms with van der Waals surface area (Å²) in [5.74, 6) is 0.568. The normalized spacial score (nSPS) is 17.1. The van der Waals surface area contributed by atoms with Gasteiger partial charge < -0.3 is 9.84 Å². The Labute approximate surface area is 205 Å². The predicted molar refractivity (Wildman–Crippen MR) is 136 cm³/mol. The number of hydrogen-bond donors (Lipinski definition) is 1. The summed E-state index contributed by atoms with van der Waals surface area (Å²) < 4.78 is 19.5. The number of aliphatic carboxylic acids is 1. The SMILES string of the molecule is C1CC1.COc1ccc(F)c(-c2ccc(C3CSc4ccc(CC(C)C(=O)O)cc4C3)cc2)c1. The molecule has 0 saturated heterocycles. The van der Waals surface area contributed by atoms with Gasteiger partial charge in [0, 0.05) is 16.2 Å². The van der Waals surface area contributed by atoms with E-state index in [1.807, 2.05) is 30.0 Å². The number of benzene rings is 3. The topological polar surface area (TPSA) is 46.5 Å². The van der Waals surface area contributed by atoms with Crippen LogP contribution < -0.4 is 4.74 Å². The first-order valence-electron chi connectivity index (χ1n) is 11.9. The number of methoxy groups -OCH3 is 1. The van der Waals surface area contributed by atoms with Crippen LogP contribution >= 0.6 is 11.8 Å². The summed E-state index contributed by atoms with van der Waals surface area (Å²) in [6.07, 6.45) is 5.96. The zero-order valence-electron chi connectivity index (χ0n) is 19.7. The average Bonchev–Trinajstić information content (AvgIpc) is 3.74. The summed E-state index contributed by atoms with van der Waals surface area (Å²) >= 11 is 1.84. The number of fused-ring (bicyclic) bond motifs is 1. The smallest absolute Gasteiger partial charge is 0.306 e. The summed E-state index contributed by atoms with van der Waals surface area (Å²) in [6.45, 7) is 1.74. The highest BCUT2D eigenvalue weighted by Gasteiger charge is 2.22. The molecule has 1 fully saturated rings. The molecule has 3 aromatic rings. The van der Waals surface area contributed by atoms with Crippen LogP contribution in [0.1, 0.15) is 48.8 Å². The minimum Gasteiger partial charge on any atom is -0.497 e. The quantitative estimate of drug-likeness (QED) is 0.402. The van der Waals surface area contributed by atoms with Crippen molar-refractivity contribution in [1.82, 2.24) is 0 Å². The third-order valence-electron chi connectivity index (χ3n) is 6.21. The molecule has 2 unspecified atom stereocenters. The Hall–Kier alpha value is -2.79. The second kappa shape index (κ2) is 11.1. The molecule has 1 aliphatic carbocycles. The molecular weight excluding hydrogens is 447 g/mol. The maximum Gasteiger partial charge on any atom is 0.306 e. The fourth-order valence-electron chi connectivity index (χ4n) is 4.02. The Balaban J connectivity index is 0.000000846. The van der Waals surface area contributed by atoms with Crippen molar-refractivity contribution in [3.05, 3.63) is 83.2 Å². The summed E-state index contributed by atoms with van der Waals surface area (Å²) in [7, 11) is 1.58. The van der Waals surface area contributed by atoms with Gasteiger partial charge in [-0.1, -0.05) is 62.6 Å². The third kappa shape index (κ3) is 6.20. The number of carbonyl (C=O) groups is 1. The van der Waals surface area contributed by atoms with Crippen LogP contribution in [-0.2, 0) is 17.6 Å². The van der Waals surface area contributed by atoms with Gasteiger partial charge in [0.25, 0.3) is 0 Å². The van der Waals surface area contributed by atoms with Gasteiger partial charge in [0.1, 0.15) is 11.6 Å². The Kier molecular flexibility index (Phi) is 7.94. The third-order valence-corrected chi connectivity index (χ3v) is 7.49. The van der Waals surface area contributed by atoms with Crippen molar-refractivity contribution in [2.45, 2.75) is 49.8 Å². The highest BCUT2D eigenvalue weighted by Crippen LogP contribution is 2.39. The van der Waals surface area contributed by atoms with Crippen LogP contribution in [0.4, 0.5) is 4.39 Å². The Morgan fingerprint density at radius 2 is 1.82 bits per heavy atom. The molecule has 5 heteroatoms. The van der Waals surface area contributed by atoms with Gasteiger partial charge in [0.05, 0.1) is 13.0 Å². The van der Waals surface area contributed by atoms with E-state index in [1.54, 1.807) is 26.2 Å². The highest BCUT2D eigenvalue weighted by atomic mass is 32.2. The molecule has 0 spiro atoms. The molecule has 2 atom stereocenters. The lowest BCUT2D eigenvalue weighted by Crippen LogP contribution is -2.14. The molecule has 3 aromatic carbocycles. The van der Waals surface area contributed by atoms with E-state index in [2.05, 4.69) is 24.3 Å². The second-order valence-corrected chi connectivity index (χ2v) is 10.2. The summed E-state index contributed by atoms with van der Waals surface area (Å²) in [5, 5.41) is 9.19. The van der Waals surface area contributed by atoms with Crippen LogP contribution in [0.3, 0.4) is 0 Å². The first kappa shape index (κ1) is 24.3. The highest BCUT2D eigenvalue weighted by molar-refractivity contribution is 7.99. The van der Waals surface area contributed by atoms with Gasteiger partial charge in [-0.3, -0.25) is 4.79 Å². The molecule has 5 rings (SSSR count). The fraction of sp³-hybridized carbons (Fsp3) is 0.345. The van der Waals surface area contributed by atoms with E-state index in [9.17, 15) is 14.3 Å². The van der Waals surface area contributed by atoms with Crippen LogP contribution in [0, 0.1) is 11.7 Å².